The van der Waals surface area contributed by atoms with Gasteiger partial charge in [0.15, 0.2) is 0 Å². The number of rotatable bonds is 7. The van der Waals surface area contributed by atoms with E-state index >= 15 is 0 Å². The van der Waals surface area contributed by atoms with Crippen LogP contribution in [0.5, 0.6) is 0 Å². The number of hydrogen-bond donors (Lipinski definition) is 2. The topological polar surface area (TPSA) is 41.5 Å². The van der Waals surface area contributed by atoms with Gasteiger partial charge in [0.25, 0.3) is 0 Å². The minimum absolute atomic E-state index is 0. The van der Waals surface area contributed by atoms with Crippen LogP contribution in [0, 0.1) is 0 Å². The van der Waals surface area contributed by atoms with E-state index in [9.17, 15) is 0 Å². The minimum atomic E-state index is 0. The molecule has 0 radical (unpaired) electrons. The number of thiophene rings is 1. The van der Waals surface area contributed by atoms with Crippen molar-refractivity contribution in [3.63, 3.8) is 0 Å². The average molecular weight is 238 g/mol. The van der Waals surface area contributed by atoms with Crippen LogP contribution in [0.4, 0.5) is 0 Å². The molecule has 0 aliphatic heterocycles. The van der Waals surface area contributed by atoms with Crippen LogP contribution in [0.3, 0.4) is 0 Å². The van der Waals surface area contributed by atoms with Crippen LogP contribution < -0.4 is 5.32 Å². The Morgan fingerprint density at radius 2 is 2.29 bits per heavy atom. The zero-order chi connectivity index (χ0) is 9.36. The number of nitrogens with one attached hydrogen (secondary N) is 1. The van der Waals surface area contributed by atoms with Gasteiger partial charge in [-0.15, -0.1) is 23.7 Å². The largest absolute Gasteiger partial charge is 0.394 e. The summed E-state index contributed by atoms with van der Waals surface area (Å²) in [6.45, 7) is 2.93. The van der Waals surface area contributed by atoms with Crippen LogP contribution in [-0.2, 0) is 11.3 Å². The molecule has 1 rings (SSSR count). The van der Waals surface area contributed by atoms with Crippen molar-refractivity contribution in [3.05, 3.63) is 22.4 Å². The summed E-state index contributed by atoms with van der Waals surface area (Å²) in [5.41, 5.74) is 0. The lowest BCUT2D eigenvalue weighted by Crippen LogP contribution is -2.19. The van der Waals surface area contributed by atoms with E-state index in [0.717, 1.165) is 13.1 Å². The fourth-order valence-electron chi connectivity index (χ4n) is 0.936. The Hall–Kier alpha value is -0.130. The Morgan fingerprint density at radius 1 is 1.43 bits per heavy atom. The molecule has 0 saturated heterocycles. The van der Waals surface area contributed by atoms with Gasteiger partial charge in [-0.25, -0.2) is 0 Å². The molecular weight excluding hydrogens is 222 g/mol. The first-order valence-electron chi connectivity index (χ1n) is 4.35. The second-order valence-electron chi connectivity index (χ2n) is 2.59. The molecule has 0 aliphatic rings. The zero-order valence-electron chi connectivity index (χ0n) is 7.94. The lowest BCUT2D eigenvalue weighted by atomic mass is 10.4. The molecule has 0 aromatic carbocycles. The van der Waals surface area contributed by atoms with Crippen LogP contribution in [0.15, 0.2) is 17.5 Å². The Balaban J connectivity index is 0.00000169. The molecule has 1 heterocycles. The van der Waals surface area contributed by atoms with E-state index < -0.39 is 0 Å². The van der Waals surface area contributed by atoms with E-state index in [1.807, 2.05) is 6.07 Å². The van der Waals surface area contributed by atoms with Gasteiger partial charge in [-0.2, -0.15) is 0 Å². The predicted molar refractivity (Wildman–Crippen MR) is 61.2 cm³/mol. The Morgan fingerprint density at radius 3 is 2.93 bits per heavy atom. The number of aliphatic hydroxyl groups is 1. The summed E-state index contributed by atoms with van der Waals surface area (Å²) >= 11 is 1.75. The molecular formula is C9H16ClNO2S. The van der Waals surface area contributed by atoms with Gasteiger partial charge in [0.2, 0.25) is 0 Å². The van der Waals surface area contributed by atoms with Gasteiger partial charge in [-0.3, -0.25) is 0 Å². The molecule has 1 aromatic rings. The van der Waals surface area contributed by atoms with Crippen molar-refractivity contribution in [3.8, 4) is 0 Å². The normalized spacial score (nSPS) is 9.79. The Labute approximate surface area is 94.5 Å². The van der Waals surface area contributed by atoms with Gasteiger partial charge in [0, 0.05) is 18.0 Å². The van der Waals surface area contributed by atoms with Crippen LogP contribution in [0.1, 0.15) is 4.88 Å². The minimum Gasteiger partial charge on any atom is -0.394 e. The molecule has 0 fully saturated rings. The fourth-order valence-corrected chi connectivity index (χ4v) is 1.61. The molecule has 0 saturated carbocycles. The van der Waals surface area contributed by atoms with Gasteiger partial charge >= 0.3 is 0 Å². The first-order valence-corrected chi connectivity index (χ1v) is 5.23. The van der Waals surface area contributed by atoms with Crippen molar-refractivity contribution in [2.45, 2.75) is 6.54 Å². The number of aliphatic hydroxyl groups excluding tert-OH is 1. The van der Waals surface area contributed by atoms with E-state index in [1.54, 1.807) is 11.3 Å². The number of ether oxygens (including phenoxy) is 1. The lowest BCUT2D eigenvalue weighted by molar-refractivity contribution is 0.0938. The molecule has 0 amide bonds. The third kappa shape index (κ3) is 6.34. The zero-order valence-corrected chi connectivity index (χ0v) is 9.57. The average Bonchev–Trinajstić information content (AvgIpc) is 2.63. The maximum absolute atomic E-state index is 8.43. The monoisotopic (exact) mass is 237 g/mol. The van der Waals surface area contributed by atoms with Crippen LogP contribution in [0.25, 0.3) is 0 Å². The van der Waals surface area contributed by atoms with Gasteiger partial charge in [0.1, 0.15) is 0 Å². The first kappa shape index (κ1) is 13.9. The summed E-state index contributed by atoms with van der Waals surface area (Å²) in [5, 5.41) is 13.7. The molecule has 0 unspecified atom stereocenters. The van der Waals surface area contributed by atoms with E-state index in [-0.39, 0.29) is 19.0 Å². The van der Waals surface area contributed by atoms with E-state index in [0.29, 0.717) is 13.2 Å². The third-order valence-corrected chi connectivity index (χ3v) is 2.41. The summed E-state index contributed by atoms with van der Waals surface area (Å²) in [7, 11) is 0. The maximum Gasteiger partial charge on any atom is 0.0698 e. The molecule has 0 aliphatic carbocycles. The first-order chi connectivity index (χ1) is 6.43. The molecule has 1 aromatic heterocycles. The van der Waals surface area contributed by atoms with Gasteiger partial charge in [-0.1, -0.05) is 6.07 Å². The standard InChI is InChI=1S/C9H15NO2S.ClH/c11-4-6-12-5-3-10-8-9-2-1-7-13-9;/h1-2,7,10-11H,3-6,8H2;1H. The molecule has 0 spiro atoms. The summed E-state index contributed by atoms with van der Waals surface area (Å²) in [5.74, 6) is 0. The summed E-state index contributed by atoms with van der Waals surface area (Å²) in [6.07, 6.45) is 0. The molecule has 3 nitrogen and oxygen atoms in total. The summed E-state index contributed by atoms with van der Waals surface area (Å²) in [6, 6.07) is 4.15. The van der Waals surface area contributed by atoms with Gasteiger partial charge in [-0.05, 0) is 11.4 Å². The second kappa shape index (κ2) is 9.43. The summed E-state index contributed by atoms with van der Waals surface area (Å²) in [4.78, 5) is 1.34. The van der Waals surface area contributed by atoms with Crippen molar-refractivity contribution >= 4 is 23.7 Å². The molecule has 0 atom stereocenters. The SMILES string of the molecule is Cl.OCCOCCNCc1cccs1. The van der Waals surface area contributed by atoms with E-state index in [2.05, 4.69) is 16.8 Å². The molecule has 82 valence electrons. The van der Waals surface area contributed by atoms with Crippen molar-refractivity contribution in [1.29, 1.82) is 0 Å². The van der Waals surface area contributed by atoms with E-state index in [4.69, 9.17) is 9.84 Å². The quantitative estimate of drug-likeness (QED) is 0.702. The fraction of sp³-hybridized carbons (Fsp3) is 0.556. The molecule has 14 heavy (non-hydrogen) atoms. The smallest absolute Gasteiger partial charge is 0.0698 e. The predicted octanol–water partition coefficient (Wildman–Crippen LogP) is 1.27. The van der Waals surface area contributed by atoms with Crippen LogP contribution >= 0.6 is 23.7 Å². The Kier molecular flexibility index (Phi) is 9.34. The highest BCUT2D eigenvalue weighted by Gasteiger charge is 1.92. The van der Waals surface area contributed by atoms with Gasteiger partial charge < -0.3 is 15.2 Å². The van der Waals surface area contributed by atoms with Crippen LogP contribution in [-0.4, -0.2) is 31.5 Å². The molecule has 0 bridgehead atoms. The summed E-state index contributed by atoms with van der Waals surface area (Å²) < 4.78 is 5.09. The second-order valence-corrected chi connectivity index (χ2v) is 3.62. The lowest BCUT2D eigenvalue weighted by Gasteiger charge is -2.03. The Bertz CT molecular complexity index is 207. The number of hydrogen-bond acceptors (Lipinski definition) is 4. The molecule has 2 N–H and O–H groups in total. The van der Waals surface area contributed by atoms with Crippen molar-refractivity contribution in [2.24, 2.45) is 0 Å². The highest BCUT2D eigenvalue weighted by molar-refractivity contribution is 7.09. The maximum atomic E-state index is 8.43. The van der Waals surface area contributed by atoms with Gasteiger partial charge in [0.05, 0.1) is 19.8 Å². The van der Waals surface area contributed by atoms with Crippen LogP contribution in [0.2, 0.25) is 0 Å². The third-order valence-electron chi connectivity index (χ3n) is 1.54. The van der Waals surface area contributed by atoms with E-state index in [1.165, 1.54) is 4.88 Å². The highest BCUT2D eigenvalue weighted by Crippen LogP contribution is 2.06. The van der Waals surface area contributed by atoms with Crippen molar-refractivity contribution < 1.29 is 9.84 Å². The highest BCUT2D eigenvalue weighted by atomic mass is 35.5. The number of halogens is 1. The van der Waals surface area contributed by atoms with Crippen molar-refractivity contribution in [1.82, 2.24) is 5.32 Å². The van der Waals surface area contributed by atoms with Crippen molar-refractivity contribution in [2.75, 3.05) is 26.4 Å². The molecule has 5 heteroatoms.